The SMILES string of the molecule is CCCNC(Cc1nnn(C)n1)C(C)(C)CC. The number of aromatic nitrogens is 4. The van der Waals surface area contributed by atoms with E-state index in [9.17, 15) is 0 Å². The first-order valence-electron chi connectivity index (χ1n) is 6.45. The standard InChI is InChI=1S/C12H25N5/c1-6-8-13-10(12(3,4)7-2)9-11-14-16-17(5)15-11/h10,13H,6-9H2,1-5H3. The molecule has 0 spiro atoms. The number of hydrogen-bond acceptors (Lipinski definition) is 4. The largest absolute Gasteiger partial charge is 0.313 e. The molecule has 0 bridgehead atoms. The van der Waals surface area contributed by atoms with E-state index in [0.29, 0.717) is 6.04 Å². The first-order chi connectivity index (χ1) is 7.99. The summed E-state index contributed by atoms with van der Waals surface area (Å²) >= 11 is 0. The van der Waals surface area contributed by atoms with Crippen LogP contribution in [0.5, 0.6) is 0 Å². The van der Waals surface area contributed by atoms with Crippen LogP contribution in [-0.4, -0.2) is 32.8 Å². The minimum atomic E-state index is 0.244. The lowest BCUT2D eigenvalue weighted by atomic mass is 9.80. The Hall–Kier alpha value is -0.970. The molecule has 1 atom stereocenters. The number of nitrogens with one attached hydrogen (secondary N) is 1. The van der Waals surface area contributed by atoms with Crippen LogP contribution in [0.4, 0.5) is 0 Å². The lowest BCUT2D eigenvalue weighted by Gasteiger charge is -2.33. The highest BCUT2D eigenvalue weighted by atomic mass is 15.6. The van der Waals surface area contributed by atoms with Crippen LogP contribution in [0.15, 0.2) is 0 Å². The quantitative estimate of drug-likeness (QED) is 0.784. The van der Waals surface area contributed by atoms with Gasteiger partial charge in [0, 0.05) is 12.5 Å². The van der Waals surface area contributed by atoms with Gasteiger partial charge in [-0.3, -0.25) is 0 Å². The Bertz CT molecular complexity index is 331. The summed E-state index contributed by atoms with van der Waals surface area (Å²) in [5.74, 6) is 0.822. The Balaban J connectivity index is 2.69. The van der Waals surface area contributed by atoms with Gasteiger partial charge in [-0.25, -0.2) is 0 Å². The van der Waals surface area contributed by atoms with Gasteiger partial charge < -0.3 is 5.32 Å². The zero-order valence-electron chi connectivity index (χ0n) is 11.7. The summed E-state index contributed by atoms with van der Waals surface area (Å²) in [4.78, 5) is 1.52. The van der Waals surface area contributed by atoms with Gasteiger partial charge in [-0.2, -0.15) is 4.80 Å². The van der Waals surface area contributed by atoms with Crippen molar-refractivity contribution in [3.05, 3.63) is 5.82 Å². The third-order valence-corrected chi connectivity index (χ3v) is 3.43. The van der Waals surface area contributed by atoms with Crippen LogP contribution in [0.1, 0.15) is 46.4 Å². The van der Waals surface area contributed by atoms with Crippen molar-refractivity contribution in [2.75, 3.05) is 6.54 Å². The fraction of sp³-hybridized carbons (Fsp3) is 0.917. The maximum absolute atomic E-state index is 4.26. The molecular weight excluding hydrogens is 214 g/mol. The molecule has 0 saturated carbocycles. The van der Waals surface area contributed by atoms with Crippen LogP contribution >= 0.6 is 0 Å². The molecule has 1 heterocycles. The summed E-state index contributed by atoms with van der Waals surface area (Å²) in [5.41, 5.74) is 0.244. The zero-order chi connectivity index (χ0) is 12.9. The molecule has 5 heteroatoms. The number of aryl methyl sites for hydroxylation is 1. The lowest BCUT2D eigenvalue weighted by molar-refractivity contribution is 0.227. The van der Waals surface area contributed by atoms with Crippen molar-refractivity contribution in [3.63, 3.8) is 0 Å². The molecular formula is C12H25N5. The van der Waals surface area contributed by atoms with Crippen LogP contribution in [0.2, 0.25) is 0 Å². The molecule has 5 nitrogen and oxygen atoms in total. The van der Waals surface area contributed by atoms with E-state index in [1.165, 1.54) is 4.80 Å². The third-order valence-electron chi connectivity index (χ3n) is 3.43. The predicted octanol–water partition coefficient (Wildman–Crippen LogP) is 1.56. The molecule has 1 N–H and O–H groups in total. The van der Waals surface area contributed by atoms with Gasteiger partial charge in [0.15, 0.2) is 5.82 Å². The zero-order valence-corrected chi connectivity index (χ0v) is 11.7. The summed E-state index contributed by atoms with van der Waals surface area (Å²) in [5, 5.41) is 15.8. The van der Waals surface area contributed by atoms with Gasteiger partial charge in [-0.05, 0) is 30.0 Å². The molecule has 0 fully saturated rings. The summed E-state index contributed by atoms with van der Waals surface area (Å²) in [6.07, 6.45) is 3.12. The van der Waals surface area contributed by atoms with Crippen molar-refractivity contribution in [3.8, 4) is 0 Å². The van der Waals surface area contributed by atoms with Crippen LogP contribution < -0.4 is 5.32 Å². The first-order valence-corrected chi connectivity index (χ1v) is 6.45. The number of hydrogen-bond donors (Lipinski definition) is 1. The molecule has 98 valence electrons. The van der Waals surface area contributed by atoms with Gasteiger partial charge in [-0.1, -0.05) is 27.7 Å². The average Bonchev–Trinajstić information content (AvgIpc) is 2.70. The van der Waals surface area contributed by atoms with Crippen molar-refractivity contribution in [2.45, 2.75) is 53.0 Å². The van der Waals surface area contributed by atoms with E-state index in [4.69, 9.17) is 0 Å². The van der Waals surface area contributed by atoms with Crippen molar-refractivity contribution < 1.29 is 0 Å². The lowest BCUT2D eigenvalue weighted by Crippen LogP contribution is -2.43. The Labute approximate surface area is 104 Å². The van der Waals surface area contributed by atoms with Gasteiger partial charge in [-0.15, -0.1) is 10.2 Å². The molecule has 1 aromatic rings. The van der Waals surface area contributed by atoms with Gasteiger partial charge in [0.25, 0.3) is 0 Å². The number of tetrazole rings is 1. The molecule has 0 amide bonds. The van der Waals surface area contributed by atoms with Crippen LogP contribution in [0.25, 0.3) is 0 Å². The second kappa shape index (κ2) is 6.10. The Morgan fingerprint density at radius 1 is 1.35 bits per heavy atom. The van der Waals surface area contributed by atoms with Gasteiger partial charge in [0.05, 0.1) is 7.05 Å². The number of rotatable bonds is 7. The van der Waals surface area contributed by atoms with Crippen molar-refractivity contribution in [1.29, 1.82) is 0 Å². The summed E-state index contributed by atoms with van der Waals surface area (Å²) in [6.45, 7) is 10.0. The van der Waals surface area contributed by atoms with Crippen LogP contribution in [0, 0.1) is 5.41 Å². The van der Waals surface area contributed by atoms with E-state index in [1.54, 1.807) is 7.05 Å². The topological polar surface area (TPSA) is 55.6 Å². The molecule has 17 heavy (non-hydrogen) atoms. The molecule has 0 aromatic carbocycles. The van der Waals surface area contributed by atoms with E-state index in [-0.39, 0.29) is 5.41 Å². The minimum Gasteiger partial charge on any atom is -0.313 e. The van der Waals surface area contributed by atoms with E-state index in [1.807, 2.05) is 0 Å². The van der Waals surface area contributed by atoms with Gasteiger partial charge >= 0.3 is 0 Å². The highest BCUT2D eigenvalue weighted by molar-refractivity contribution is 4.92. The molecule has 0 aliphatic heterocycles. The molecule has 0 aliphatic rings. The normalized spacial score (nSPS) is 13.9. The first kappa shape index (κ1) is 14.1. The van der Waals surface area contributed by atoms with E-state index < -0.39 is 0 Å². The minimum absolute atomic E-state index is 0.244. The second-order valence-electron chi connectivity index (χ2n) is 5.25. The van der Waals surface area contributed by atoms with Crippen molar-refractivity contribution in [1.82, 2.24) is 25.5 Å². The Morgan fingerprint density at radius 2 is 2.06 bits per heavy atom. The summed E-state index contributed by atoms with van der Waals surface area (Å²) in [7, 11) is 1.80. The van der Waals surface area contributed by atoms with Gasteiger partial charge in [0.1, 0.15) is 0 Å². The fourth-order valence-electron chi connectivity index (χ4n) is 1.78. The second-order valence-corrected chi connectivity index (χ2v) is 5.25. The summed E-state index contributed by atoms with van der Waals surface area (Å²) in [6, 6.07) is 0.400. The van der Waals surface area contributed by atoms with E-state index in [2.05, 4.69) is 48.4 Å². The van der Waals surface area contributed by atoms with Crippen LogP contribution in [0.3, 0.4) is 0 Å². The summed E-state index contributed by atoms with van der Waals surface area (Å²) < 4.78 is 0. The monoisotopic (exact) mass is 239 g/mol. The maximum atomic E-state index is 4.26. The maximum Gasteiger partial charge on any atom is 0.176 e. The third kappa shape index (κ3) is 4.07. The highest BCUT2D eigenvalue weighted by Crippen LogP contribution is 2.26. The van der Waals surface area contributed by atoms with Crippen molar-refractivity contribution >= 4 is 0 Å². The highest BCUT2D eigenvalue weighted by Gasteiger charge is 2.28. The average molecular weight is 239 g/mol. The number of nitrogens with zero attached hydrogens (tertiary/aromatic N) is 4. The van der Waals surface area contributed by atoms with E-state index in [0.717, 1.165) is 31.6 Å². The molecule has 0 radical (unpaired) electrons. The van der Waals surface area contributed by atoms with Crippen molar-refractivity contribution in [2.24, 2.45) is 12.5 Å². The van der Waals surface area contributed by atoms with Crippen LogP contribution in [-0.2, 0) is 13.5 Å². The van der Waals surface area contributed by atoms with E-state index >= 15 is 0 Å². The molecule has 0 saturated heterocycles. The van der Waals surface area contributed by atoms with Gasteiger partial charge in [0.2, 0.25) is 0 Å². The fourth-order valence-corrected chi connectivity index (χ4v) is 1.78. The Kier molecular flexibility index (Phi) is 5.05. The molecule has 1 aromatic heterocycles. The molecule has 0 aliphatic carbocycles. The smallest absolute Gasteiger partial charge is 0.176 e. The molecule has 1 rings (SSSR count). The predicted molar refractivity (Wildman–Crippen MR) is 68.7 cm³/mol. The molecule has 1 unspecified atom stereocenters. The Morgan fingerprint density at radius 3 is 2.53 bits per heavy atom.